The van der Waals surface area contributed by atoms with Crippen molar-refractivity contribution in [1.82, 2.24) is 9.97 Å². The van der Waals surface area contributed by atoms with E-state index in [1.165, 1.54) is 0 Å². The number of nitrogens with two attached hydrogens (primary N) is 1. The van der Waals surface area contributed by atoms with Crippen molar-refractivity contribution >= 4 is 22.9 Å². The Hall–Kier alpha value is -2.60. The minimum Gasteiger partial charge on any atom is -0.442 e. The Labute approximate surface area is 128 Å². The molecule has 22 heavy (non-hydrogen) atoms. The van der Waals surface area contributed by atoms with E-state index in [9.17, 15) is 0 Å². The maximum absolute atomic E-state index is 6.13. The Morgan fingerprint density at radius 2 is 2.00 bits per heavy atom. The minimum absolute atomic E-state index is 0.403. The highest BCUT2D eigenvalue weighted by Gasteiger charge is 2.20. The number of benzene rings is 1. The average molecular weight is 298 g/mol. The SMILES string of the molecule is CNc1nc(N)c2c(-c3ccccc3)c(CCOC)oc2n1. The molecule has 0 saturated carbocycles. The van der Waals surface area contributed by atoms with Crippen LogP contribution in [0.2, 0.25) is 0 Å². The number of nitrogens with one attached hydrogen (secondary N) is 1. The van der Waals surface area contributed by atoms with Gasteiger partial charge in [-0.3, -0.25) is 0 Å². The lowest BCUT2D eigenvalue weighted by molar-refractivity contribution is 0.197. The quantitative estimate of drug-likeness (QED) is 0.753. The van der Waals surface area contributed by atoms with Gasteiger partial charge in [0.25, 0.3) is 0 Å². The molecule has 2 aromatic heterocycles. The van der Waals surface area contributed by atoms with E-state index in [0.717, 1.165) is 22.3 Å². The zero-order valence-electron chi connectivity index (χ0n) is 12.6. The molecule has 114 valence electrons. The van der Waals surface area contributed by atoms with Crippen LogP contribution in [0.25, 0.3) is 22.2 Å². The second kappa shape index (κ2) is 6.03. The summed E-state index contributed by atoms with van der Waals surface area (Å²) in [6, 6.07) is 9.97. The third-order valence-electron chi connectivity index (χ3n) is 3.47. The first-order valence-electron chi connectivity index (χ1n) is 7.05. The lowest BCUT2D eigenvalue weighted by Gasteiger charge is -2.04. The van der Waals surface area contributed by atoms with Crippen LogP contribution in [0.5, 0.6) is 0 Å². The summed E-state index contributed by atoms with van der Waals surface area (Å²) in [5, 5.41) is 3.63. The average Bonchev–Trinajstić information content (AvgIpc) is 2.92. The summed E-state index contributed by atoms with van der Waals surface area (Å²) in [5.41, 5.74) is 8.58. The summed E-state index contributed by atoms with van der Waals surface area (Å²) in [6.45, 7) is 0.561. The van der Waals surface area contributed by atoms with Gasteiger partial charge >= 0.3 is 0 Å². The van der Waals surface area contributed by atoms with Gasteiger partial charge in [0.15, 0.2) is 0 Å². The van der Waals surface area contributed by atoms with E-state index in [0.29, 0.717) is 30.5 Å². The standard InChI is InChI=1S/C16H18N4O2/c1-18-16-19-14(17)13-12(10-6-4-3-5-7-10)11(8-9-21-2)22-15(13)20-16/h3-7H,8-9H2,1-2H3,(H3,17,18,19,20). The number of ether oxygens (including phenoxy) is 1. The first-order valence-corrected chi connectivity index (χ1v) is 7.05. The topological polar surface area (TPSA) is 86.2 Å². The number of anilines is 2. The normalized spacial score (nSPS) is 11.0. The highest BCUT2D eigenvalue weighted by molar-refractivity contribution is 6.01. The third kappa shape index (κ3) is 2.48. The molecule has 0 aliphatic carbocycles. The molecule has 0 amide bonds. The van der Waals surface area contributed by atoms with Crippen molar-refractivity contribution in [2.75, 3.05) is 31.8 Å². The second-order valence-electron chi connectivity index (χ2n) is 4.87. The first-order chi connectivity index (χ1) is 10.7. The van der Waals surface area contributed by atoms with Crippen LogP contribution in [-0.2, 0) is 11.2 Å². The molecule has 0 bridgehead atoms. The summed E-state index contributed by atoms with van der Waals surface area (Å²) < 4.78 is 11.1. The molecule has 0 spiro atoms. The molecule has 6 nitrogen and oxygen atoms in total. The van der Waals surface area contributed by atoms with E-state index < -0.39 is 0 Å². The van der Waals surface area contributed by atoms with Crippen LogP contribution in [0.3, 0.4) is 0 Å². The third-order valence-corrected chi connectivity index (χ3v) is 3.47. The van der Waals surface area contributed by atoms with Crippen LogP contribution < -0.4 is 11.1 Å². The van der Waals surface area contributed by atoms with Gasteiger partial charge in [-0.1, -0.05) is 30.3 Å². The molecule has 0 aliphatic rings. The molecule has 0 unspecified atom stereocenters. The zero-order valence-corrected chi connectivity index (χ0v) is 12.6. The van der Waals surface area contributed by atoms with Crippen molar-refractivity contribution in [3.63, 3.8) is 0 Å². The lowest BCUT2D eigenvalue weighted by Crippen LogP contribution is -2.00. The van der Waals surface area contributed by atoms with Gasteiger partial charge in [0.2, 0.25) is 11.7 Å². The molecular weight excluding hydrogens is 280 g/mol. The fraction of sp³-hybridized carbons (Fsp3) is 0.250. The molecule has 3 N–H and O–H groups in total. The summed E-state index contributed by atoms with van der Waals surface area (Å²) in [6.07, 6.45) is 0.644. The predicted octanol–water partition coefficient (Wildman–Crippen LogP) is 2.70. The van der Waals surface area contributed by atoms with Crippen molar-refractivity contribution in [3.8, 4) is 11.1 Å². The van der Waals surface area contributed by atoms with Crippen molar-refractivity contribution in [1.29, 1.82) is 0 Å². The number of furan rings is 1. The van der Waals surface area contributed by atoms with Gasteiger partial charge in [-0.05, 0) is 5.56 Å². The molecule has 6 heteroatoms. The Morgan fingerprint density at radius 1 is 1.23 bits per heavy atom. The van der Waals surface area contributed by atoms with E-state index in [1.54, 1.807) is 14.2 Å². The van der Waals surface area contributed by atoms with Gasteiger partial charge in [0, 0.05) is 26.1 Å². The summed E-state index contributed by atoms with van der Waals surface area (Å²) in [7, 11) is 3.41. The van der Waals surface area contributed by atoms with Gasteiger partial charge in [0.1, 0.15) is 11.6 Å². The number of hydrogen-bond donors (Lipinski definition) is 2. The second-order valence-corrected chi connectivity index (χ2v) is 4.87. The highest BCUT2D eigenvalue weighted by atomic mass is 16.5. The first kappa shape index (κ1) is 14.3. The van der Waals surface area contributed by atoms with Crippen molar-refractivity contribution in [3.05, 3.63) is 36.1 Å². The smallest absolute Gasteiger partial charge is 0.233 e. The Balaban J connectivity index is 2.26. The van der Waals surface area contributed by atoms with Crippen LogP contribution in [0.4, 0.5) is 11.8 Å². The molecular formula is C16H18N4O2. The van der Waals surface area contributed by atoms with Gasteiger partial charge in [-0.25, -0.2) is 0 Å². The summed E-state index contributed by atoms with van der Waals surface area (Å²) in [4.78, 5) is 8.62. The van der Waals surface area contributed by atoms with Gasteiger partial charge < -0.3 is 20.2 Å². The molecule has 0 saturated heterocycles. The van der Waals surface area contributed by atoms with Gasteiger partial charge in [0.05, 0.1) is 12.0 Å². The van der Waals surface area contributed by atoms with E-state index >= 15 is 0 Å². The van der Waals surface area contributed by atoms with Crippen LogP contribution in [0, 0.1) is 0 Å². The predicted molar refractivity (Wildman–Crippen MR) is 86.8 cm³/mol. The number of aromatic nitrogens is 2. The van der Waals surface area contributed by atoms with Crippen molar-refractivity contribution in [2.24, 2.45) is 0 Å². The van der Waals surface area contributed by atoms with Crippen LogP contribution in [-0.4, -0.2) is 30.7 Å². The number of rotatable bonds is 5. The van der Waals surface area contributed by atoms with E-state index in [1.807, 2.05) is 30.3 Å². The fourth-order valence-corrected chi connectivity index (χ4v) is 2.47. The Morgan fingerprint density at radius 3 is 2.68 bits per heavy atom. The highest BCUT2D eigenvalue weighted by Crippen LogP contribution is 2.37. The Kier molecular flexibility index (Phi) is 3.93. The maximum Gasteiger partial charge on any atom is 0.233 e. The number of nitrogens with zero attached hydrogens (tertiary/aromatic N) is 2. The fourth-order valence-electron chi connectivity index (χ4n) is 2.47. The van der Waals surface area contributed by atoms with Gasteiger partial charge in [-0.2, -0.15) is 9.97 Å². The minimum atomic E-state index is 0.403. The van der Waals surface area contributed by atoms with E-state index in [2.05, 4.69) is 15.3 Å². The zero-order chi connectivity index (χ0) is 15.5. The monoisotopic (exact) mass is 298 g/mol. The summed E-state index contributed by atoms with van der Waals surface area (Å²) in [5.74, 6) is 1.65. The van der Waals surface area contributed by atoms with E-state index in [-0.39, 0.29) is 0 Å². The molecule has 0 atom stereocenters. The molecule has 0 aliphatic heterocycles. The molecule has 0 fully saturated rings. The van der Waals surface area contributed by atoms with Crippen molar-refractivity contribution in [2.45, 2.75) is 6.42 Å². The molecule has 3 aromatic rings. The van der Waals surface area contributed by atoms with E-state index in [4.69, 9.17) is 14.9 Å². The summed E-state index contributed by atoms with van der Waals surface area (Å²) >= 11 is 0. The Bertz CT molecular complexity index is 784. The molecule has 2 heterocycles. The van der Waals surface area contributed by atoms with Crippen LogP contribution in [0.15, 0.2) is 34.7 Å². The van der Waals surface area contributed by atoms with Gasteiger partial charge in [-0.15, -0.1) is 0 Å². The van der Waals surface area contributed by atoms with Crippen molar-refractivity contribution < 1.29 is 9.15 Å². The van der Waals surface area contributed by atoms with Crippen LogP contribution >= 0.6 is 0 Å². The number of methoxy groups -OCH3 is 1. The number of nitrogen functional groups attached to an aromatic ring is 1. The molecule has 1 aromatic carbocycles. The molecule has 3 rings (SSSR count). The van der Waals surface area contributed by atoms with Crippen LogP contribution in [0.1, 0.15) is 5.76 Å². The number of hydrogen-bond acceptors (Lipinski definition) is 6. The number of fused-ring (bicyclic) bond motifs is 1. The maximum atomic E-state index is 6.13. The molecule has 0 radical (unpaired) electrons. The lowest BCUT2D eigenvalue weighted by atomic mass is 10.0. The largest absolute Gasteiger partial charge is 0.442 e.